The van der Waals surface area contributed by atoms with E-state index in [2.05, 4.69) is 0 Å². The lowest BCUT2D eigenvalue weighted by Crippen LogP contribution is -2.42. The average Bonchev–Trinajstić information content (AvgIpc) is 2.64. The number of aromatic hydroxyl groups is 2. The zero-order chi connectivity index (χ0) is 18.0. The number of nitrogens with zero attached hydrogens (tertiary/aromatic N) is 1. The lowest BCUT2D eigenvalue weighted by Gasteiger charge is -2.34. The van der Waals surface area contributed by atoms with E-state index in [1.807, 2.05) is 30.3 Å². The summed E-state index contributed by atoms with van der Waals surface area (Å²) in [7, 11) is 0. The highest BCUT2D eigenvalue weighted by molar-refractivity contribution is 5.83. The van der Waals surface area contributed by atoms with Crippen molar-refractivity contribution in [3.05, 3.63) is 59.4 Å². The molecule has 5 nitrogen and oxygen atoms in total. The van der Waals surface area contributed by atoms with E-state index in [1.165, 1.54) is 6.07 Å². The number of halogens is 1. The van der Waals surface area contributed by atoms with Gasteiger partial charge in [0.1, 0.15) is 11.8 Å². The predicted molar refractivity (Wildman–Crippen MR) is 91.7 cm³/mol. The summed E-state index contributed by atoms with van der Waals surface area (Å²) in [6, 6.07) is 10.7. The van der Waals surface area contributed by atoms with E-state index in [0.29, 0.717) is 31.5 Å². The van der Waals surface area contributed by atoms with Crippen LogP contribution in [0.25, 0.3) is 0 Å². The Hall–Kier alpha value is -2.60. The van der Waals surface area contributed by atoms with E-state index in [4.69, 9.17) is 5.73 Å². The highest BCUT2D eigenvalue weighted by atomic mass is 19.1. The maximum atomic E-state index is 13.6. The van der Waals surface area contributed by atoms with Crippen LogP contribution in [0.15, 0.2) is 42.5 Å². The molecule has 2 aromatic rings. The van der Waals surface area contributed by atoms with Crippen LogP contribution in [0.1, 0.15) is 35.9 Å². The first-order chi connectivity index (χ1) is 12.0. The van der Waals surface area contributed by atoms with Crippen molar-refractivity contribution in [1.82, 2.24) is 4.90 Å². The molecule has 0 saturated carbocycles. The number of carbonyl (C=O) groups excluding carboxylic acids is 1. The first-order valence-electron chi connectivity index (χ1n) is 8.28. The third kappa shape index (κ3) is 3.58. The van der Waals surface area contributed by atoms with Crippen LogP contribution < -0.4 is 5.73 Å². The Bertz CT molecular complexity index is 759. The predicted octanol–water partition coefficient (Wildman–Crippen LogP) is 2.64. The summed E-state index contributed by atoms with van der Waals surface area (Å²) in [6.45, 7) is 0.984. The lowest BCUT2D eigenvalue weighted by molar-refractivity contribution is -0.133. The maximum absolute atomic E-state index is 13.6. The Morgan fingerprint density at radius 3 is 2.40 bits per heavy atom. The molecule has 1 unspecified atom stereocenters. The molecule has 4 N–H and O–H groups in total. The number of hydrogen-bond acceptors (Lipinski definition) is 4. The number of likely N-dealkylation sites (tertiary alicyclic amines) is 1. The number of rotatable bonds is 3. The molecule has 0 aromatic heterocycles. The maximum Gasteiger partial charge on any atom is 0.244 e. The van der Waals surface area contributed by atoms with Gasteiger partial charge in [-0.25, -0.2) is 4.39 Å². The molecular formula is C19H21FN2O3. The molecule has 1 amide bonds. The molecule has 6 heteroatoms. The van der Waals surface area contributed by atoms with Gasteiger partial charge in [0.05, 0.1) is 0 Å². The monoisotopic (exact) mass is 344 g/mol. The van der Waals surface area contributed by atoms with Gasteiger partial charge in [0.15, 0.2) is 11.6 Å². The molecule has 0 radical (unpaired) electrons. The van der Waals surface area contributed by atoms with Crippen molar-refractivity contribution in [2.45, 2.75) is 24.8 Å². The summed E-state index contributed by atoms with van der Waals surface area (Å²) in [5.74, 6) is -1.64. The summed E-state index contributed by atoms with van der Waals surface area (Å²) >= 11 is 0. The van der Waals surface area contributed by atoms with Gasteiger partial charge in [0.25, 0.3) is 0 Å². The van der Waals surface area contributed by atoms with Crippen molar-refractivity contribution in [3.8, 4) is 11.5 Å². The van der Waals surface area contributed by atoms with Crippen molar-refractivity contribution in [3.63, 3.8) is 0 Å². The van der Waals surface area contributed by atoms with Gasteiger partial charge in [-0.05, 0) is 30.4 Å². The second kappa shape index (κ2) is 7.11. The number of hydrogen-bond donors (Lipinski definition) is 3. The zero-order valence-corrected chi connectivity index (χ0v) is 13.7. The molecule has 1 atom stereocenters. The minimum Gasteiger partial charge on any atom is -0.508 e. The van der Waals surface area contributed by atoms with Crippen LogP contribution in [0.4, 0.5) is 4.39 Å². The zero-order valence-electron chi connectivity index (χ0n) is 13.7. The Kier molecular flexibility index (Phi) is 4.90. The molecule has 3 rings (SSSR count). The fourth-order valence-electron chi connectivity index (χ4n) is 3.30. The van der Waals surface area contributed by atoms with Gasteiger partial charge in [0, 0.05) is 24.7 Å². The Balaban J connectivity index is 1.66. The first kappa shape index (κ1) is 17.2. The summed E-state index contributed by atoms with van der Waals surface area (Å²) in [6.07, 6.45) is 1.20. The van der Waals surface area contributed by atoms with E-state index in [0.717, 1.165) is 11.6 Å². The summed E-state index contributed by atoms with van der Waals surface area (Å²) in [5, 5.41) is 19.3. The van der Waals surface area contributed by atoms with Crippen molar-refractivity contribution in [2.24, 2.45) is 5.73 Å². The number of piperidine rings is 1. The molecule has 1 fully saturated rings. The number of carbonyl (C=O) groups is 1. The van der Waals surface area contributed by atoms with Gasteiger partial charge >= 0.3 is 0 Å². The van der Waals surface area contributed by atoms with Crippen molar-refractivity contribution >= 4 is 5.91 Å². The number of nitrogens with two attached hydrogens (primary N) is 1. The molecule has 1 aliphatic heterocycles. The minimum atomic E-state index is -0.752. The highest BCUT2D eigenvalue weighted by Crippen LogP contribution is 2.37. The first-order valence-corrected chi connectivity index (χ1v) is 8.28. The molecular weight excluding hydrogens is 323 g/mol. The van der Waals surface area contributed by atoms with Crippen LogP contribution in [0, 0.1) is 5.82 Å². The summed E-state index contributed by atoms with van der Waals surface area (Å²) in [5.41, 5.74) is 7.31. The minimum absolute atomic E-state index is 0.0629. The highest BCUT2D eigenvalue weighted by Gasteiger charge is 2.29. The van der Waals surface area contributed by atoms with Gasteiger partial charge in [-0.2, -0.15) is 0 Å². The van der Waals surface area contributed by atoms with Gasteiger partial charge < -0.3 is 20.8 Å². The van der Waals surface area contributed by atoms with Crippen molar-refractivity contribution in [2.75, 3.05) is 13.1 Å². The third-order valence-electron chi connectivity index (χ3n) is 4.77. The molecule has 0 spiro atoms. The van der Waals surface area contributed by atoms with Gasteiger partial charge in [-0.3, -0.25) is 4.79 Å². The van der Waals surface area contributed by atoms with E-state index < -0.39 is 17.6 Å². The molecule has 2 aromatic carbocycles. The lowest BCUT2D eigenvalue weighted by atomic mass is 9.88. The largest absolute Gasteiger partial charge is 0.508 e. The summed E-state index contributed by atoms with van der Waals surface area (Å²) in [4.78, 5) is 14.3. The topological polar surface area (TPSA) is 86.8 Å². The standard InChI is InChI=1S/C19H21FN2O3/c20-15-10-14(16(23)11-17(15)24)12-6-8-22(9-7-12)19(25)18(21)13-4-2-1-3-5-13/h1-5,10-12,18,23-24H,6-9,21H2. The fourth-order valence-corrected chi connectivity index (χ4v) is 3.30. The van der Waals surface area contributed by atoms with E-state index in [-0.39, 0.29) is 17.6 Å². The Morgan fingerprint density at radius 1 is 1.12 bits per heavy atom. The number of benzene rings is 2. The average molecular weight is 344 g/mol. The number of amides is 1. The molecule has 132 valence electrons. The molecule has 0 bridgehead atoms. The molecule has 0 aliphatic carbocycles. The number of phenolic OH excluding ortho intramolecular Hbond substituents is 2. The van der Waals surface area contributed by atoms with Crippen LogP contribution in [0.3, 0.4) is 0 Å². The van der Waals surface area contributed by atoms with Crippen LogP contribution >= 0.6 is 0 Å². The van der Waals surface area contributed by atoms with E-state index >= 15 is 0 Å². The molecule has 1 aliphatic rings. The second-order valence-electron chi connectivity index (χ2n) is 6.35. The van der Waals surface area contributed by atoms with Crippen LogP contribution in [-0.2, 0) is 4.79 Å². The van der Waals surface area contributed by atoms with Crippen LogP contribution in [-0.4, -0.2) is 34.1 Å². The van der Waals surface area contributed by atoms with E-state index in [9.17, 15) is 19.4 Å². The molecule has 1 saturated heterocycles. The van der Waals surface area contributed by atoms with Crippen molar-refractivity contribution < 1.29 is 19.4 Å². The quantitative estimate of drug-likeness (QED) is 0.799. The SMILES string of the molecule is NC(C(=O)N1CCC(c2cc(F)c(O)cc2O)CC1)c1ccccc1. The van der Waals surface area contributed by atoms with Crippen molar-refractivity contribution in [1.29, 1.82) is 0 Å². The van der Waals surface area contributed by atoms with E-state index in [1.54, 1.807) is 4.90 Å². The Labute approximate surface area is 145 Å². The van der Waals surface area contributed by atoms with Crippen LogP contribution in [0.2, 0.25) is 0 Å². The van der Waals surface area contributed by atoms with Gasteiger partial charge in [-0.15, -0.1) is 0 Å². The smallest absolute Gasteiger partial charge is 0.244 e. The second-order valence-corrected chi connectivity index (χ2v) is 6.35. The Morgan fingerprint density at radius 2 is 1.76 bits per heavy atom. The van der Waals surface area contributed by atoms with Gasteiger partial charge in [-0.1, -0.05) is 30.3 Å². The fraction of sp³-hybridized carbons (Fsp3) is 0.316. The van der Waals surface area contributed by atoms with Gasteiger partial charge in [0.2, 0.25) is 5.91 Å². The third-order valence-corrected chi connectivity index (χ3v) is 4.77. The molecule has 25 heavy (non-hydrogen) atoms. The summed E-state index contributed by atoms with van der Waals surface area (Å²) < 4.78 is 13.6. The number of phenols is 2. The molecule has 1 heterocycles. The van der Waals surface area contributed by atoms with Crippen LogP contribution in [0.5, 0.6) is 11.5 Å². The normalized spacial score (nSPS) is 16.6.